The Morgan fingerprint density at radius 2 is 1.84 bits per heavy atom. The van der Waals surface area contributed by atoms with E-state index in [0.717, 1.165) is 5.75 Å². The average Bonchev–Trinajstić information content (AvgIpc) is 2.51. The summed E-state index contributed by atoms with van der Waals surface area (Å²) in [5.41, 5.74) is 6.27. The predicted molar refractivity (Wildman–Crippen MR) is 100 cm³/mol. The van der Waals surface area contributed by atoms with Gasteiger partial charge in [-0.2, -0.15) is 0 Å². The van der Waals surface area contributed by atoms with E-state index in [9.17, 15) is 9.59 Å². The van der Waals surface area contributed by atoms with Gasteiger partial charge in [-0.1, -0.05) is 26.8 Å². The third-order valence-electron chi connectivity index (χ3n) is 3.41. The van der Waals surface area contributed by atoms with Crippen molar-refractivity contribution >= 4 is 17.5 Å². The fourth-order valence-corrected chi connectivity index (χ4v) is 2.20. The van der Waals surface area contributed by atoms with Crippen molar-refractivity contribution in [2.75, 3.05) is 12.4 Å². The van der Waals surface area contributed by atoms with Gasteiger partial charge in [0.2, 0.25) is 11.8 Å². The molecule has 0 fully saturated rings. The Balaban J connectivity index is 2.72. The standard InChI is InChI=1S/C19H29N3O3/c1-13(20)18(24)22-15(12-19(2,3)4)8-11-17(23)21-14-6-9-16(25-5)10-7-14/h6-11,13,15H,12,20H2,1-5H3,(H,21,23)(H,22,24). The van der Waals surface area contributed by atoms with Crippen LogP contribution in [0.15, 0.2) is 36.4 Å². The van der Waals surface area contributed by atoms with E-state index in [1.165, 1.54) is 6.08 Å². The number of amides is 2. The maximum Gasteiger partial charge on any atom is 0.248 e. The van der Waals surface area contributed by atoms with Crippen LogP contribution in [0, 0.1) is 5.41 Å². The third kappa shape index (κ3) is 8.35. The third-order valence-corrected chi connectivity index (χ3v) is 3.41. The highest BCUT2D eigenvalue weighted by molar-refractivity contribution is 5.99. The monoisotopic (exact) mass is 347 g/mol. The van der Waals surface area contributed by atoms with Crippen molar-refractivity contribution in [2.45, 2.75) is 46.2 Å². The number of hydrogen-bond donors (Lipinski definition) is 3. The molecule has 0 saturated carbocycles. The molecule has 6 heteroatoms. The Bertz CT molecular complexity index is 601. The number of carbonyl (C=O) groups excluding carboxylic acids is 2. The Morgan fingerprint density at radius 1 is 1.24 bits per heavy atom. The second kappa shape index (κ2) is 9.22. The van der Waals surface area contributed by atoms with Gasteiger partial charge in [0.1, 0.15) is 5.75 Å². The van der Waals surface area contributed by atoms with Gasteiger partial charge in [-0.25, -0.2) is 0 Å². The molecule has 0 aromatic heterocycles. The zero-order valence-corrected chi connectivity index (χ0v) is 15.6. The highest BCUT2D eigenvalue weighted by Gasteiger charge is 2.20. The normalized spacial score (nSPS) is 14.0. The summed E-state index contributed by atoms with van der Waals surface area (Å²) in [6.07, 6.45) is 3.82. The summed E-state index contributed by atoms with van der Waals surface area (Å²) in [4.78, 5) is 23.9. The van der Waals surface area contributed by atoms with Crippen LogP contribution in [0.25, 0.3) is 0 Å². The zero-order chi connectivity index (χ0) is 19.0. The number of anilines is 1. The molecule has 0 radical (unpaired) electrons. The van der Waals surface area contributed by atoms with Gasteiger partial charge in [-0.15, -0.1) is 0 Å². The van der Waals surface area contributed by atoms with Crippen LogP contribution >= 0.6 is 0 Å². The van der Waals surface area contributed by atoms with Crippen LogP contribution in [0.2, 0.25) is 0 Å². The molecule has 1 rings (SSSR count). The SMILES string of the molecule is COc1ccc(NC(=O)C=CC(CC(C)(C)C)NC(=O)C(C)N)cc1. The van der Waals surface area contributed by atoms with Crippen LogP contribution in [0.5, 0.6) is 5.75 Å². The predicted octanol–water partition coefficient (Wildman–Crippen LogP) is 2.46. The number of methoxy groups -OCH3 is 1. The van der Waals surface area contributed by atoms with E-state index in [0.29, 0.717) is 12.1 Å². The summed E-state index contributed by atoms with van der Waals surface area (Å²) in [5.74, 6) is 0.214. The first-order valence-corrected chi connectivity index (χ1v) is 8.30. The minimum Gasteiger partial charge on any atom is -0.497 e. The Morgan fingerprint density at radius 3 is 2.32 bits per heavy atom. The lowest BCUT2D eigenvalue weighted by molar-refractivity contribution is -0.122. The molecule has 0 bridgehead atoms. The minimum atomic E-state index is -0.594. The van der Waals surface area contributed by atoms with Crippen molar-refractivity contribution in [3.05, 3.63) is 36.4 Å². The fraction of sp³-hybridized carbons (Fsp3) is 0.474. The molecule has 6 nitrogen and oxygen atoms in total. The number of ether oxygens (including phenoxy) is 1. The molecule has 1 aromatic carbocycles. The van der Waals surface area contributed by atoms with Crippen LogP contribution in [0.3, 0.4) is 0 Å². The zero-order valence-electron chi connectivity index (χ0n) is 15.6. The van der Waals surface area contributed by atoms with E-state index < -0.39 is 6.04 Å². The topological polar surface area (TPSA) is 93.5 Å². The van der Waals surface area contributed by atoms with Crippen molar-refractivity contribution in [3.63, 3.8) is 0 Å². The molecule has 2 unspecified atom stereocenters. The molecular weight excluding hydrogens is 318 g/mol. The fourth-order valence-electron chi connectivity index (χ4n) is 2.20. The number of carbonyl (C=O) groups is 2. The molecule has 1 aromatic rings. The van der Waals surface area contributed by atoms with E-state index in [-0.39, 0.29) is 23.3 Å². The molecule has 0 spiro atoms. The summed E-state index contributed by atoms with van der Waals surface area (Å²) in [7, 11) is 1.59. The molecule has 0 aliphatic carbocycles. The highest BCUT2D eigenvalue weighted by Crippen LogP contribution is 2.21. The van der Waals surface area contributed by atoms with Gasteiger partial charge >= 0.3 is 0 Å². The van der Waals surface area contributed by atoms with Crippen molar-refractivity contribution in [2.24, 2.45) is 11.1 Å². The number of nitrogens with one attached hydrogen (secondary N) is 2. The molecule has 4 N–H and O–H groups in total. The number of rotatable bonds is 7. The molecule has 0 aliphatic rings. The quantitative estimate of drug-likeness (QED) is 0.661. The molecule has 0 saturated heterocycles. The van der Waals surface area contributed by atoms with Crippen molar-refractivity contribution in [3.8, 4) is 5.75 Å². The first kappa shape index (κ1) is 20.7. The van der Waals surface area contributed by atoms with Crippen LogP contribution in [-0.2, 0) is 9.59 Å². The molecule has 0 heterocycles. The molecule has 138 valence electrons. The second-order valence-electron chi connectivity index (χ2n) is 7.25. The lowest BCUT2D eigenvalue weighted by atomic mass is 9.88. The largest absolute Gasteiger partial charge is 0.497 e. The Hall–Kier alpha value is -2.34. The van der Waals surface area contributed by atoms with Crippen LogP contribution < -0.4 is 21.1 Å². The van der Waals surface area contributed by atoms with Crippen molar-refractivity contribution < 1.29 is 14.3 Å². The van der Waals surface area contributed by atoms with E-state index in [2.05, 4.69) is 31.4 Å². The van der Waals surface area contributed by atoms with E-state index >= 15 is 0 Å². The second-order valence-corrected chi connectivity index (χ2v) is 7.25. The maximum atomic E-state index is 12.1. The lowest BCUT2D eigenvalue weighted by Gasteiger charge is -2.25. The molecule has 2 atom stereocenters. The maximum absolute atomic E-state index is 12.1. The van der Waals surface area contributed by atoms with E-state index in [1.807, 2.05) is 0 Å². The van der Waals surface area contributed by atoms with Crippen LogP contribution in [0.4, 0.5) is 5.69 Å². The number of benzene rings is 1. The summed E-state index contributed by atoms with van der Waals surface area (Å²) in [6, 6.07) is 6.20. The van der Waals surface area contributed by atoms with Crippen LogP contribution in [0.1, 0.15) is 34.1 Å². The van der Waals surface area contributed by atoms with Crippen molar-refractivity contribution in [1.82, 2.24) is 5.32 Å². The minimum absolute atomic E-state index is 0.00736. The van der Waals surface area contributed by atoms with Gasteiger partial charge in [0, 0.05) is 17.8 Å². The van der Waals surface area contributed by atoms with Gasteiger partial charge < -0.3 is 21.1 Å². The van der Waals surface area contributed by atoms with Crippen molar-refractivity contribution in [1.29, 1.82) is 0 Å². The molecule has 25 heavy (non-hydrogen) atoms. The highest BCUT2D eigenvalue weighted by atomic mass is 16.5. The number of nitrogens with two attached hydrogens (primary N) is 1. The summed E-state index contributed by atoms with van der Waals surface area (Å²) < 4.78 is 5.08. The molecule has 0 aliphatic heterocycles. The van der Waals surface area contributed by atoms with E-state index in [4.69, 9.17) is 10.5 Å². The smallest absolute Gasteiger partial charge is 0.248 e. The average molecular weight is 347 g/mol. The molecule has 2 amide bonds. The van der Waals surface area contributed by atoms with Gasteiger partial charge in [0.25, 0.3) is 0 Å². The van der Waals surface area contributed by atoms with Gasteiger partial charge in [0.15, 0.2) is 0 Å². The van der Waals surface area contributed by atoms with Gasteiger partial charge in [-0.3, -0.25) is 9.59 Å². The lowest BCUT2D eigenvalue weighted by Crippen LogP contribution is -2.44. The molecular formula is C19H29N3O3. The van der Waals surface area contributed by atoms with Crippen LogP contribution in [-0.4, -0.2) is 31.0 Å². The van der Waals surface area contributed by atoms with E-state index in [1.54, 1.807) is 44.4 Å². The van der Waals surface area contributed by atoms with Gasteiger partial charge in [-0.05, 0) is 43.0 Å². The summed E-state index contributed by atoms with van der Waals surface area (Å²) >= 11 is 0. The summed E-state index contributed by atoms with van der Waals surface area (Å²) in [6.45, 7) is 7.85. The van der Waals surface area contributed by atoms with Gasteiger partial charge in [0.05, 0.1) is 13.2 Å². The Labute approximate surface area is 149 Å². The number of hydrogen-bond acceptors (Lipinski definition) is 4. The Kier molecular flexibility index (Phi) is 7.64. The summed E-state index contributed by atoms with van der Waals surface area (Å²) in [5, 5.41) is 5.63. The first-order chi connectivity index (χ1) is 11.6. The first-order valence-electron chi connectivity index (χ1n) is 8.30.